The fourth-order valence-electron chi connectivity index (χ4n) is 3.15. The van der Waals surface area contributed by atoms with Crippen LogP contribution >= 0.6 is 0 Å². The van der Waals surface area contributed by atoms with E-state index in [-0.39, 0.29) is 11.9 Å². The van der Waals surface area contributed by atoms with Crippen molar-refractivity contribution in [3.05, 3.63) is 65.2 Å². The number of carbonyl (C=O) groups is 1. The average molecular weight is 375 g/mol. The molecule has 1 amide bonds. The van der Waals surface area contributed by atoms with Gasteiger partial charge in [-0.05, 0) is 51.1 Å². The second kappa shape index (κ2) is 6.96. The molecule has 0 aliphatic heterocycles. The first-order chi connectivity index (χ1) is 13.5. The van der Waals surface area contributed by atoms with Crippen molar-refractivity contribution in [1.82, 2.24) is 15.3 Å². The summed E-state index contributed by atoms with van der Waals surface area (Å²) in [6.07, 6.45) is 0. The van der Waals surface area contributed by atoms with E-state index in [9.17, 15) is 4.79 Å². The maximum Gasteiger partial charge on any atom is 0.251 e. The Kier molecular flexibility index (Phi) is 4.47. The molecule has 0 aliphatic rings. The molecule has 2 aromatic carbocycles. The van der Waals surface area contributed by atoms with Crippen LogP contribution in [0.15, 0.2) is 46.9 Å². The topological polar surface area (TPSA) is 77.2 Å². The number of benzene rings is 2. The molecule has 0 fully saturated rings. The van der Waals surface area contributed by atoms with Crippen molar-refractivity contribution in [2.45, 2.75) is 26.8 Å². The summed E-state index contributed by atoms with van der Waals surface area (Å²) in [5.41, 5.74) is 4.43. The highest BCUT2D eigenvalue weighted by molar-refractivity contribution is 5.97. The number of para-hydroxylation sites is 1. The van der Waals surface area contributed by atoms with E-state index in [1.807, 2.05) is 51.1 Å². The van der Waals surface area contributed by atoms with Gasteiger partial charge in [0.2, 0.25) is 0 Å². The highest BCUT2D eigenvalue weighted by Gasteiger charge is 2.17. The van der Waals surface area contributed by atoms with Crippen LogP contribution < -0.4 is 10.1 Å². The zero-order chi connectivity index (χ0) is 19.8. The van der Waals surface area contributed by atoms with E-state index in [2.05, 4.69) is 15.3 Å². The lowest BCUT2D eigenvalue weighted by Crippen LogP contribution is -2.26. The van der Waals surface area contributed by atoms with Gasteiger partial charge in [-0.15, -0.1) is 0 Å². The van der Waals surface area contributed by atoms with Crippen LogP contribution in [-0.2, 0) is 0 Å². The Balaban J connectivity index is 1.59. The van der Waals surface area contributed by atoms with Gasteiger partial charge in [0, 0.05) is 10.9 Å². The maximum atomic E-state index is 12.7. The molecule has 0 saturated heterocycles. The van der Waals surface area contributed by atoms with Crippen molar-refractivity contribution in [3.8, 4) is 5.75 Å². The van der Waals surface area contributed by atoms with Gasteiger partial charge in [0.1, 0.15) is 5.76 Å². The molecule has 0 aliphatic carbocycles. The van der Waals surface area contributed by atoms with Crippen LogP contribution in [0.4, 0.5) is 0 Å². The summed E-state index contributed by atoms with van der Waals surface area (Å²) in [4.78, 5) is 21.8. The van der Waals surface area contributed by atoms with E-state index < -0.39 is 0 Å². The number of rotatable bonds is 4. The summed E-state index contributed by atoms with van der Waals surface area (Å²) in [6, 6.07) is 12.7. The number of nitrogens with zero attached hydrogens (tertiary/aromatic N) is 2. The van der Waals surface area contributed by atoms with Gasteiger partial charge in [0.25, 0.3) is 5.91 Å². The molecule has 6 heteroatoms. The van der Waals surface area contributed by atoms with Crippen molar-refractivity contribution >= 4 is 27.9 Å². The van der Waals surface area contributed by atoms with Crippen LogP contribution in [0.1, 0.15) is 40.5 Å². The normalized spacial score (nSPS) is 12.3. The molecule has 6 nitrogen and oxygen atoms in total. The number of nitrogens with one attached hydrogen (secondary N) is 1. The van der Waals surface area contributed by atoms with Gasteiger partial charge in [-0.2, -0.15) is 0 Å². The molecule has 142 valence electrons. The lowest BCUT2D eigenvalue weighted by Gasteiger charge is -2.12. The van der Waals surface area contributed by atoms with Crippen molar-refractivity contribution in [1.29, 1.82) is 0 Å². The first-order valence-corrected chi connectivity index (χ1v) is 9.08. The Labute approximate surface area is 162 Å². The Morgan fingerprint density at radius 2 is 1.82 bits per heavy atom. The SMILES string of the molecule is COc1cccc2cc(C(C)NC(=O)c3ccc4nc(C)c(C)nc4c3)oc12. The summed E-state index contributed by atoms with van der Waals surface area (Å²) in [5.74, 6) is 1.14. The molecule has 0 spiro atoms. The Bertz CT molecular complexity index is 1200. The zero-order valence-electron chi connectivity index (χ0n) is 16.2. The minimum atomic E-state index is -0.300. The molecule has 4 aromatic rings. The van der Waals surface area contributed by atoms with E-state index >= 15 is 0 Å². The molecule has 1 unspecified atom stereocenters. The number of fused-ring (bicyclic) bond motifs is 2. The zero-order valence-corrected chi connectivity index (χ0v) is 16.2. The fourth-order valence-corrected chi connectivity index (χ4v) is 3.15. The van der Waals surface area contributed by atoms with E-state index in [0.717, 1.165) is 22.3 Å². The number of amides is 1. The number of aromatic nitrogens is 2. The third kappa shape index (κ3) is 3.17. The molecule has 0 saturated carbocycles. The standard InChI is InChI=1S/C22H21N3O3/c1-12-13(2)24-18-10-16(8-9-17(18)23-12)22(26)25-14(3)20-11-15-6-5-7-19(27-4)21(15)28-20/h5-11,14H,1-4H3,(H,25,26). The minimum absolute atomic E-state index is 0.193. The highest BCUT2D eigenvalue weighted by atomic mass is 16.5. The van der Waals surface area contributed by atoms with Crippen LogP contribution in [-0.4, -0.2) is 23.0 Å². The van der Waals surface area contributed by atoms with Crippen molar-refractivity contribution in [2.75, 3.05) is 7.11 Å². The molecule has 2 heterocycles. The Morgan fingerprint density at radius 1 is 1.07 bits per heavy atom. The Morgan fingerprint density at radius 3 is 2.57 bits per heavy atom. The van der Waals surface area contributed by atoms with E-state index in [1.165, 1.54) is 0 Å². The van der Waals surface area contributed by atoms with Crippen molar-refractivity contribution < 1.29 is 13.9 Å². The summed E-state index contributed by atoms with van der Waals surface area (Å²) in [7, 11) is 1.61. The first-order valence-electron chi connectivity index (χ1n) is 9.08. The molecular weight excluding hydrogens is 354 g/mol. The molecule has 1 N–H and O–H groups in total. The number of aryl methyl sites for hydroxylation is 2. The maximum absolute atomic E-state index is 12.7. The second-order valence-corrected chi connectivity index (χ2v) is 6.82. The van der Waals surface area contributed by atoms with Crippen molar-refractivity contribution in [2.24, 2.45) is 0 Å². The third-order valence-corrected chi connectivity index (χ3v) is 4.86. The summed E-state index contributed by atoms with van der Waals surface area (Å²) < 4.78 is 11.3. The van der Waals surface area contributed by atoms with Gasteiger partial charge in [-0.3, -0.25) is 4.79 Å². The van der Waals surface area contributed by atoms with E-state index in [1.54, 1.807) is 19.2 Å². The quantitative estimate of drug-likeness (QED) is 0.568. The number of methoxy groups -OCH3 is 1. The number of ether oxygens (including phenoxy) is 1. The smallest absolute Gasteiger partial charge is 0.251 e. The van der Waals surface area contributed by atoms with Gasteiger partial charge >= 0.3 is 0 Å². The van der Waals surface area contributed by atoms with Gasteiger partial charge in [0.15, 0.2) is 11.3 Å². The number of hydrogen-bond acceptors (Lipinski definition) is 5. The second-order valence-electron chi connectivity index (χ2n) is 6.82. The number of furan rings is 1. The van der Waals surface area contributed by atoms with Crippen LogP contribution in [0, 0.1) is 13.8 Å². The predicted octanol–water partition coefficient (Wildman–Crippen LogP) is 4.49. The van der Waals surface area contributed by atoms with Crippen LogP contribution in [0.2, 0.25) is 0 Å². The van der Waals surface area contributed by atoms with E-state index in [4.69, 9.17) is 9.15 Å². The van der Waals surface area contributed by atoms with Gasteiger partial charge in [-0.25, -0.2) is 9.97 Å². The van der Waals surface area contributed by atoms with Crippen molar-refractivity contribution in [3.63, 3.8) is 0 Å². The van der Waals surface area contributed by atoms with Crippen LogP contribution in [0.5, 0.6) is 5.75 Å². The fraction of sp³-hybridized carbons (Fsp3) is 0.227. The molecule has 1 atom stereocenters. The summed E-state index contributed by atoms with van der Waals surface area (Å²) in [5, 5.41) is 3.91. The lowest BCUT2D eigenvalue weighted by atomic mass is 10.1. The van der Waals surface area contributed by atoms with Crippen LogP contribution in [0.3, 0.4) is 0 Å². The van der Waals surface area contributed by atoms with Gasteiger partial charge < -0.3 is 14.5 Å². The molecule has 4 rings (SSSR count). The average Bonchev–Trinajstić information content (AvgIpc) is 3.13. The summed E-state index contributed by atoms with van der Waals surface area (Å²) in [6.45, 7) is 5.72. The molecular formula is C22H21N3O3. The largest absolute Gasteiger partial charge is 0.493 e. The first kappa shape index (κ1) is 18.0. The molecule has 0 bridgehead atoms. The Hall–Kier alpha value is -3.41. The third-order valence-electron chi connectivity index (χ3n) is 4.86. The lowest BCUT2D eigenvalue weighted by molar-refractivity contribution is 0.0936. The number of carbonyl (C=O) groups excluding carboxylic acids is 1. The van der Waals surface area contributed by atoms with Gasteiger partial charge in [0.05, 0.1) is 35.6 Å². The number of hydrogen-bond donors (Lipinski definition) is 1. The molecule has 2 aromatic heterocycles. The minimum Gasteiger partial charge on any atom is -0.493 e. The monoisotopic (exact) mass is 375 g/mol. The van der Waals surface area contributed by atoms with Crippen LogP contribution in [0.25, 0.3) is 22.0 Å². The predicted molar refractivity (Wildman–Crippen MR) is 108 cm³/mol. The molecule has 0 radical (unpaired) electrons. The highest BCUT2D eigenvalue weighted by Crippen LogP contribution is 2.31. The van der Waals surface area contributed by atoms with E-state index in [0.29, 0.717) is 28.2 Å². The molecule has 28 heavy (non-hydrogen) atoms. The summed E-state index contributed by atoms with van der Waals surface area (Å²) >= 11 is 0. The van der Waals surface area contributed by atoms with Gasteiger partial charge in [-0.1, -0.05) is 12.1 Å².